The van der Waals surface area contributed by atoms with Crippen molar-refractivity contribution in [3.05, 3.63) is 206 Å². The molecule has 9 aromatic carbocycles. The number of fused-ring (bicyclic) bond motifs is 4. The van der Waals surface area contributed by atoms with Gasteiger partial charge in [-0.3, -0.25) is 0 Å². The maximum absolute atomic E-state index is 5.06. The molecular weight excluding hydrogens is 677 g/mol. The Morgan fingerprint density at radius 1 is 0.250 bits per heavy atom. The SMILES string of the molecule is c1ccc(-c2cc(-c3ccccc3)nc(-c3ccc(-c4cc(-c5ccc(-c6ccc7c8c(cccc68)-c6ccccc6-7)cc5)cc5ccccc45)cc3)n2)cc1. The summed E-state index contributed by atoms with van der Waals surface area (Å²) in [5, 5.41) is 5.09. The van der Waals surface area contributed by atoms with Gasteiger partial charge >= 0.3 is 0 Å². The van der Waals surface area contributed by atoms with Crippen LogP contribution in [0.25, 0.3) is 111 Å². The van der Waals surface area contributed by atoms with Crippen molar-refractivity contribution in [2.45, 2.75) is 0 Å². The van der Waals surface area contributed by atoms with Crippen LogP contribution in [0.4, 0.5) is 0 Å². The highest BCUT2D eigenvalue weighted by molar-refractivity contribution is 6.18. The van der Waals surface area contributed by atoms with Crippen LogP contribution < -0.4 is 0 Å². The van der Waals surface area contributed by atoms with Gasteiger partial charge in [0.15, 0.2) is 5.82 Å². The highest BCUT2D eigenvalue weighted by atomic mass is 14.9. The van der Waals surface area contributed by atoms with Gasteiger partial charge in [-0.15, -0.1) is 0 Å². The van der Waals surface area contributed by atoms with E-state index in [9.17, 15) is 0 Å². The van der Waals surface area contributed by atoms with Crippen LogP contribution in [0.2, 0.25) is 0 Å². The zero-order valence-corrected chi connectivity index (χ0v) is 30.5. The van der Waals surface area contributed by atoms with Crippen molar-refractivity contribution in [3.63, 3.8) is 0 Å². The van der Waals surface area contributed by atoms with Gasteiger partial charge in [0.05, 0.1) is 11.4 Å². The molecule has 2 heteroatoms. The molecule has 0 N–H and O–H groups in total. The van der Waals surface area contributed by atoms with Gasteiger partial charge in [-0.1, -0.05) is 188 Å². The lowest BCUT2D eigenvalue weighted by molar-refractivity contribution is 1.18. The van der Waals surface area contributed by atoms with Crippen molar-refractivity contribution >= 4 is 21.5 Å². The first-order chi connectivity index (χ1) is 27.7. The third-order valence-electron chi connectivity index (χ3n) is 11.3. The van der Waals surface area contributed by atoms with Crippen LogP contribution in [0.3, 0.4) is 0 Å². The molecule has 0 spiro atoms. The zero-order chi connectivity index (χ0) is 37.0. The highest BCUT2D eigenvalue weighted by Gasteiger charge is 2.22. The molecule has 1 aliphatic carbocycles. The zero-order valence-electron chi connectivity index (χ0n) is 30.5. The van der Waals surface area contributed by atoms with Gasteiger partial charge in [0.2, 0.25) is 0 Å². The maximum Gasteiger partial charge on any atom is 0.160 e. The summed E-state index contributed by atoms with van der Waals surface area (Å²) in [4.78, 5) is 10.1. The Kier molecular flexibility index (Phi) is 7.53. The van der Waals surface area contributed by atoms with E-state index in [0.29, 0.717) is 5.82 Å². The number of benzene rings is 9. The van der Waals surface area contributed by atoms with Gasteiger partial charge in [0.1, 0.15) is 0 Å². The largest absolute Gasteiger partial charge is 0.228 e. The fourth-order valence-corrected chi connectivity index (χ4v) is 8.51. The molecule has 260 valence electrons. The Labute approximate surface area is 326 Å². The summed E-state index contributed by atoms with van der Waals surface area (Å²) in [5.41, 5.74) is 17.4. The van der Waals surface area contributed by atoms with Crippen molar-refractivity contribution in [2.75, 3.05) is 0 Å². The Balaban J connectivity index is 0.958. The smallest absolute Gasteiger partial charge is 0.160 e. The van der Waals surface area contributed by atoms with E-state index in [4.69, 9.17) is 9.97 Å². The maximum atomic E-state index is 5.06. The fraction of sp³-hybridized carbons (Fsp3) is 0. The number of nitrogens with zero attached hydrogens (tertiary/aromatic N) is 2. The van der Waals surface area contributed by atoms with Crippen molar-refractivity contribution in [3.8, 4) is 89.5 Å². The second kappa shape index (κ2) is 13.2. The normalized spacial score (nSPS) is 11.6. The Bertz CT molecular complexity index is 3010. The van der Waals surface area contributed by atoms with E-state index in [0.717, 1.165) is 33.6 Å². The standard InChI is InChI=1S/C54H34N2/c1-3-12-38(13-4-1)51-34-52(39-14-5-2-6-15-39)56-54(55-51)40-28-26-37(27-29-40)50-33-42(32-41-16-7-8-17-43(41)50)35-22-24-36(25-23-35)44-30-31-49-46-19-10-9-18-45(46)48-21-11-20-47(44)53(48)49/h1-34H. The third-order valence-corrected chi connectivity index (χ3v) is 11.3. The molecule has 0 fully saturated rings. The molecule has 0 saturated carbocycles. The third kappa shape index (κ3) is 5.42. The Morgan fingerprint density at radius 2 is 0.750 bits per heavy atom. The van der Waals surface area contributed by atoms with E-state index in [2.05, 4.69) is 194 Å². The minimum absolute atomic E-state index is 0.709. The number of hydrogen-bond donors (Lipinski definition) is 0. The second-order valence-corrected chi connectivity index (χ2v) is 14.5. The average Bonchev–Trinajstić information content (AvgIpc) is 3.61. The van der Waals surface area contributed by atoms with Gasteiger partial charge in [-0.25, -0.2) is 9.97 Å². The molecule has 56 heavy (non-hydrogen) atoms. The molecular formula is C54H34N2. The minimum Gasteiger partial charge on any atom is -0.228 e. The van der Waals surface area contributed by atoms with Crippen molar-refractivity contribution < 1.29 is 0 Å². The summed E-state index contributed by atoms with van der Waals surface area (Å²) in [7, 11) is 0. The second-order valence-electron chi connectivity index (χ2n) is 14.5. The van der Waals surface area contributed by atoms with Gasteiger partial charge in [-0.2, -0.15) is 0 Å². The van der Waals surface area contributed by atoms with Gasteiger partial charge in [-0.05, 0) is 95.4 Å². The van der Waals surface area contributed by atoms with E-state index >= 15 is 0 Å². The summed E-state index contributed by atoms with van der Waals surface area (Å²) < 4.78 is 0. The summed E-state index contributed by atoms with van der Waals surface area (Å²) >= 11 is 0. The summed E-state index contributed by atoms with van der Waals surface area (Å²) in [6, 6.07) is 74.0. The highest BCUT2D eigenvalue weighted by Crippen LogP contribution is 2.49. The molecule has 0 saturated heterocycles. The van der Waals surface area contributed by atoms with Crippen LogP contribution in [-0.2, 0) is 0 Å². The van der Waals surface area contributed by atoms with Gasteiger partial charge < -0.3 is 0 Å². The van der Waals surface area contributed by atoms with E-state index in [1.807, 2.05) is 12.1 Å². The summed E-state index contributed by atoms with van der Waals surface area (Å²) in [6.07, 6.45) is 0. The molecule has 0 radical (unpaired) electrons. The molecule has 10 aromatic rings. The van der Waals surface area contributed by atoms with Crippen LogP contribution in [0.5, 0.6) is 0 Å². The molecule has 0 atom stereocenters. The first-order valence-electron chi connectivity index (χ1n) is 19.1. The lowest BCUT2D eigenvalue weighted by Crippen LogP contribution is -1.96. The first kappa shape index (κ1) is 32.0. The van der Waals surface area contributed by atoms with Gasteiger partial charge in [0.25, 0.3) is 0 Å². The lowest BCUT2D eigenvalue weighted by atomic mass is 9.91. The monoisotopic (exact) mass is 710 g/mol. The van der Waals surface area contributed by atoms with Crippen molar-refractivity contribution in [1.29, 1.82) is 0 Å². The molecule has 0 bridgehead atoms. The van der Waals surface area contributed by atoms with Crippen LogP contribution >= 0.6 is 0 Å². The quantitative estimate of drug-likeness (QED) is 0.172. The molecule has 1 heterocycles. The molecule has 0 amide bonds. The average molecular weight is 711 g/mol. The van der Waals surface area contributed by atoms with Crippen molar-refractivity contribution in [2.24, 2.45) is 0 Å². The Morgan fingerprint density at radius 3 is 1.43 bits per heavy atom. The molecule has 0 aliphatic heterocycles. The van der Waals surface area contributed by atoms with Crippen LogP contribution in [-0.4, -0.2) is 9.97 Å². The number of aromatic nitrogens is 2. The fourth-order valence-electron chi connectivity index (χ4n) is 8.51. The lowest BCUT2D eigenvalue weighted by Gasteiger charge is -2.14. The van der Waals surface area contributed by atoms with E-state index in [1.54, 1.807) is 0 Å². The topological polar surface area (TPSA) is 25.8 Å². The molecule has 1 aliphatic rings. The Hall–Kier alpha value is -7.42. The molecule has 11 rings (SSSR count). The van der Waals surface area contributed by atoms with E-state index in [-0.39, 0.29) is 0 Å². The predicted molar refractivity (Wildman–Crippen MR) is 234 cm³/mol. The first-order valence-corrected chi connectivity index (χ1v) is 19.1. The number of rotatable bonds is 6. The molecule has 2 nitrogen and oxygen atoms in total. The molecule has 1 aromatic heterocycles. The predicted octanol–water partition coefficient (Wildman–Crippen LogP) is 14.4. The van der Waals surface area contributed by atoms with Crippen molar-refractivity contribution in [1.82, 2.24) is 9.97 Å². The summed E-state index contributed by atoms with van der Waals surface area (Å²) in [6.45, 7) is 0. The van der Waals surface area contributed by atoms with Crippen LogP contribution in [0, 0.1) is 0 Å². The van der Waals surface area contributed by atoms with Crippen LogP contribution in [0.1, 0.15) is 0 Å². The number of hydrogen-bond acceptors (Lipinski definition) is 2. The van der Waals surface area contributed by atoms with Crippen LogP contribution in [0.15, 0.2) is 206 Å². The summed E-state index contributed by atoms with van der Waals surface area (Å²) in [5.74, 6) is 0.709. The minimum atomic E-state index is 0.709. The van der Waals surface area contributed by atoms with Gasteiger partial charge in [0, 0.05) is 16.7 Å². The van der Waals surface area contributed by atoms with E-state index < -0.39 is 0 Å². The molecule has 0 unspecified atom stereocenters. The van der Waals surface area contributed by atoms with E-state index in [1.165, 1.54) is 71.6 Å².